The third kappa shape index (κ3) is 3.73. The van der Waals surface area contributed by atoms with Gasteiger partial charge in [-0.1, -0.05) is 47.5 Å². The van der Waals surface area contributed by atoms with Crippen molar-refractivity contribution >= 4 is 40.1 Å². The molecular formula is C18H16Cl2N2O2. The molecule has 1 aromatic heterocycles. The number of carboxylic acid groups (broad SMARTS) is 1. The Bertz CT molecular complexity index is 876. The number of aromatic amines is 1. The first kappa shape index (κ1) is 16.8. The van der Waals surface area contributed by atoms with Gasteiger partial charge in [0.05, 0.1) is 10.0 Å². The van der Waals surface area contributed by atoms with Crippen LogP contribution in [0.25, 0.3) is 10.9 Å². The molecule has 0 aliphatic rings. The highest BCUT2D eigenvalue weighted by atomic mass is 35.5. The Morgan fingerprint density at radius 3 is 2.71 bits per heavy atom. The first-order valence-corrected chi connectivity index (χ1v) is 8.25. The summed E-state index contributed by atoms with van der Waals surface area (Å²) < 4.78 is 0. The highest BCUT2D eigenvalue weighted by molar-refractivity contribution is 6.42. The number of benzene rings is 2. The van der Waals surface area contributed by atoms with Crippen LogP contribution in [0.3, 0.4) is 0 Å². The quantitative estimate of drug-likeness (QED) is 0.613. The Kier molecular flexibility index (Phi) is 5.09. The van der Waals surface area contributed by atoms with Gasteiger partial charge in [0.25, 0.3) is 0 Å². The van der Waals surface area contributed by atoms with E-state index in [-0.39, 0.29) is 0 Å². The molecule has 0 aliphatic heterocycles. The summed E-state index contributed by atoms with van der Waals surface area (Å²) in [6.45, 7) is 0.399. The predicted octanol–water partition coefficient (Wildman–Crippen LogP) is 4.26. The summed E-state index contributed by atoms with van der Waals surface area (Å²) >= 11 is 11.9. The van der Waals surface area contributed by atoms with Crippen LogP contribution in [0, 0.1) is 0 Å². The summed E-state index contributed by atoms with van der Waals surface area (Å²) in [6.07, 6.45) is 2.25. The Labute approximate surface area is 149 Å². The molecule has 3 aromatic rings. The van der Waals surface area contributed by atoms with Gasteiger partial charge >= 0.3 is 5.97 Å². The molecule has 4 nitrogen and oxygen atoms in total. The number of fused-ring (bicyclic) bond motifs is 1. The summed E-state index contributed by atoms with van der Waals surface area (Å²) in [4.78, 5) is 14.8. The normalized spacial score (nSPS) is 12.4. The SMILES string of the molecule is O=C(O)[C@@H](Cc1c[nH]c2ccccc12)NCc1ccc(Cl)c(Cl)c1. The minimum absolute atomic E-state index is 0.390. The molecule has 1 atom stereocenters. The van der Waals surface area contributed by atoms with E-state index in [0.717, 1.165) is 22.0 Å². The maximum Gasteiger partial charge on any atom is 0.321 e. The highest BCUT2D eigenvalue weighted by Gasteiger charge is 2.19. The number of aliphatic carboxylic acids is 1. The first-order chi connectivity index (χ1) is 11.5. The summed E-state index contributed by atoms with van der Waals surface area (Å²) in [6, 6.07) is 12.4. The van der Waals surface area contributed by atoms with E-state index in [0.29, 0.717) is 23.0 Å². The largest absolute Gasteiger partial charge is 0.480 e. The highest BCUT2D eigenvalue weighted by Crippen LogP contribution is 2.23. The average Bonchev–Trinajstić information content (AvgIpc) is 2.97. The third-order valence-electron chi connectivity index (χ3n) is 3.93. The standard InChI is InChI=1S/C18H16Cl2N2O2/c19-14-6-5-11(7-15(14)20)9-21-17(18(23)24)8-12-10-22-16-4-2-1-3-13(12)16/h1-7,10,17,21-22H,8-9H2,(H,23,24)/t17-/m1/s1. The molecular weight excluding hydrogens is 347 g/mol. The molecule has 124 valence electrons. The van der Waals surface area contributed by atoms with Crippen LogP contribution < -0.4 is 5.32 Å². The fourth-order valence-electron chi connectivity index (χ4n) is 2.66. The van der Waals surface area contributed by atoms with E-state index in [4.69, 9.17) is 23.2 Å². The van der Waals surface area contributed by atoms with Crippen LogP contribution in [0.2, 0.25) is 10.0 Å². The van der Waals surface area contributed by atoms with Crippen molar-refractivity contribution in [2.24, 2.45) is 0 Å². The van der Waals surface area contributed by atoms with Gasteiger partial charge in [0.15, 0.2) is 0 Å². The molecule has 0 fully saturated rings. The van der Waals surface area contributed by atoms with Crippen molar-refractivity contribution in [3.8, 4) is 0 Å². The lowest BCUT2D eigenvalue weighted by Gasteiger charge is -2.14. The maximum atomic E-state index is 11.6. The van der Waals surface area contributed by atoms with Crippen LogP contribution in [0.5, 0.6) is 0 Å². The van der Waals surface area contributed by atoms with Crippen molar-refractivity contribution in [2.45, 2.75) is 19.0 Å². The predicted molar refractivity (Wildman–Crippen MR) is 96.7 cm³/mol. The monoisotopic (exact) mass is 362 g/mol. The Morgan fingerprint density at radius 1 is 1.17 bits per heavy atom. The molecule has 24 heavy (non-hydrogen) atoms. The van der Waals surface area contributed by atoms with Crippen molar-refractivity contribution < 1.29 is 9.90 Å². The molecule has 0 saturated carbocycles. The molecule has 0 bridgehead atoms. The second kappa shape index (κ2) is 7.26. The van der Waals surface area contributed by atoms with E-state index in [1.54, 1.807) is 12.1 Å². The Hall–Kier alpha value is -2.01. The maximum absolute atomic E-state index is 11.6. The van der Waals surface area contributed by atoms with E-state index in [9.17, 15) is 9.90 Å². The van der Waals surface area contributed by atoms with Crippen molar-refractivity contribution in [3.05, 3.63) is 69.8 Å². The van der Waals surface area contributed by atoms with Crippen molar-refractivity contribution in [2.75, 3.05) is 0 Å². The van der Waals surface area contributed by atoms with Gasteiger partial charge < -0.3 is 15.4 Å². The minimum atomic E-state index is -0.889. The van der Waals surface area contributed by atoms with Gasteiger partial charge in [-0.25, -0.2) is 0 Å². The molecule has 2 aromatic carbocycles. The fourth-order valence-corrected chi connectivity index (χ4v) is 2.98. The molecule has 0 saturated heterocycles. The summed E-state index contributed by atoms with van der Waals surface area (Å²) in [5, 5.41) is 14.6. The third-order valence-corrected chi connectivity index (χ3v) is 4.67. The summed E-state index contributed by atoms with van der Waals surface area (Å²) in [7, 11) is 0. The minimum Gasteiger partial charge on any atom is -0.480 e. The Morgan fingerprint density at radius 2 is 1.96 bits per heavy atom. The number of halogens is 2. The lowest BCUT2D eigenvalue weighted by atomic mass is 10.0. The molecule has 0 aliphatic carbocycles. The molecule has 0 radical (unpaired) electrons. The number of carboxylic acids is 1. The van der Waals surface area contributed by atoms with E-state index in [1.807, 2.05) is 36.5 Å². The fraction of sp³-hybridized carbons (Fsp3) is 0.167. The van der Waals surface area contributed by atoms with Crippen molar-refractivity contribution in [3.63, 3.8) is 0 Å². The van der Waals surface area contributed by atoms with Gasteiger partial charge in [-0.05, 0) is 29.3 Å². The Balaban J connectivity index is 1.73. The molecule has 0 spiro atoms. The number of hydrogen-bond donors (Lipinski definition) is 3. The zero-order chi connectivity index (χ0) is 17.1. The van der Waals surface area contributed by atoms with Crippen LogP contribution >= 0.6 is 23.2 Å². The van der Waals surface area contributed by atoms with Gasteiger partial charge in [-0.3, -0.25) is 4.79 Å². The van der Waals surface area contributed by atoms with E-state index >= 15 is 0 Å². The topological polar surface area (TPSA) is 65.1 Å². The smallest absolute Gasteiger partial charge is 0.321 e. The number of hydrogen-bond acceptors (Lipinski definition) is 2. The van der Waals surface area contributed by atoms with Gasteiger partial charge in [-0.15, -0.1) is 0 Å². The lowest BCUT2D eigenvalue weighted by molar-refractivity contribution is -0.139. The van der Waals surface area contributed by atoms with Crippen molar-refractivity contribution in [1.82, 2.24) is 10.3 Å². The van der Waals surface area contributed by atoms with E-state index in [1.165, 1.54) is 0 Å². The number of para-hydroxylation sites is 1. The number of rotatable bonds is 6. The second-order valence-electron chi connectivity index (χ2n) is 5.58. The van der Waals surface area contributed by atoms with Crippen LogP contribution in [0.1, 0.15) is 11.1 Å². The summed E-state index contributed by atoms with van der Waals surface area (Å²) in [5.41, 5.74) is 2.86. The van der Waals surface area contributed by atoms with Crippen LogP contribution in [0.15, 0.2) is 48.7 Å². The molecule has 3 rings (SSSR count). The molecule has 0 unspecified atom stereocenters. The zero-order valence-corrected chi connectivity index (χ0v) is 14.2. The summed E-state index contributed by atoms with van der Waals surface area (Å²) in [5.74, 6) is -0.889. The number of aromatic nitrogens is 1. The molecule has 1 heterocycles. The van der Waals surface area contributed by atoms with Gasteiger partial charge in [-0.2, -0.15) is 0 Å². The first-order valence-electron chi connectivity index (χ1n) is 7.49. The van der Waals surface area contributed by atoms with Crippen LogP contribution in [0.4, 0.5) is 0 Å². The van der Waals surface area contributed by atoms with Gasteiger partial charge in [0, 0.05) is 30.1 Å². The number of carbonyl (C=O) groups is 1. The molecule has 0 amide bonds. The molecule has 6 heteroatoms. The van der Waals surface area contributed by atoms with Crippen molar-refractivity contribution in [1.29, 1.82) is 0 Å². The number of H-pyrrole nitrogens is 1. The lowest BCUT2D eigenvalue weighted by Crippen LogP contribution is -2.38. The zero-order valence-electron chi connectivity index (χ0n) is 12.7. The van der Waals surface area contributed by atoms with E-state index < -0.39 is 12.0 Å². The van der Waals surface area contributed by atoms with Crippen LogP contribution in [-0.4, -0.2) is 22.1 Å². The van der Waals surface area contributed by atoms with Crippen LogP contribution in [-0.2, 0) is 17.8 Å². The van der Waals surface area contributed by atoms with Gasteiger partial charge in [0.1, 0.15) is 6.04 Å². The number of nitrogens with one attached hydrogen (secondary N) is 2. The average molecular weight is 363 g/mol. The van der Waals surface area contributed by atoms with E-state index in [2.05, 4.69) is 10.3 Å². The van der Waals surface area contributed by atoms with Gasteiger partial charge in [0.2, 0.25) is 0 Å². The second-order valence-corrected chi connectivity index (χ2v) is 6.40. The molecule has 3 N–H and O–H groups in total.